The van der Waals surface area contributed by atoms with Crippen LogP contribution in [0, 0.1) is 34.1 Å². The van der Waals surface area contributed by atoms with E-state index in [2.05, 4.69) is 0 Å². The fraction of sp³-hybridized carbons (Fsp3) is 0.278. The van der Waals surface area contributed by atoms with Crippen LogP contribution in [0.15, 0.2) is 24.3 Å². The molecule has 9 nitrogen and oxygen atoms in total. The van der Waals surface area contributed by atoms with E-state index in [1.54, 1.807) is 20.8 Å². The average Bonchev–Trinajstić information content (AvgIpc) is 2.61. The Labute approximate surface area is 154 Å². The van der Waals surface area contributed by atoms with Crippen molar-refractivity contribution in [3.8, 4) is 11.5 Å². The van der Waals surface area contributed by atoms with Gasteiger partial charge in [-0.2, -0.15) is 0 Å². The minimum absolute atomic E-state index is 0.0592. The normalized spacial score (nSPS) is 11.6. The molecule has 0 spiro atoms. The number of carbonyl (C=O) groups is 1. The van der Waals surface area contributed by atoms with Crippen molar-refractivity contribution in [3.05, 3.63) is 66.7 Å². The predicted octanol–water partition coefficient (Wildman–Crippen LogP) is 3.82. The highest BCUT2D eigenvalue weighted by molar-refractivity contribution is 5.61. The van der Waals surface area contributed by atoms with Gasteiger partial charge in [0, 0.05) is 22.6 Å². The quantitative estimate of drug-likeness (QED) is 0.410. The average molecular weight is 374 g/mol. The molecule has 2 rings (SSSR count). The summed E-state index contributed by atoms with van der Waals surface area (Å²) in [5, 5.41) is 23.1. The van der Waals surface area contributed by atoms with Gasteiger partial charge in [0.25, 0.3) is 17.8 Å². The van der Waals surface area contributed by atoms with E-state index >= 15 is 0 Å². The number of hydrogen-bond donors (Lipinski definition) is 0. The summed E-state index contributed by atoms with van der Waals surface area (Å²) in [5.74, 6) is -0.201. The first kappa shape index (κ1) is 19.8. The number of nitrogens with zero attached hydrogens (tertiary/aromatic N) is 2. The van der Waals surface area contributed by atoms with E-state index in [4.69, 9.17) is 9.47 Å². The summed E-state index contributed by atoms with van der Waals surface area (Å²) in [6.45, 7) is 5.04. The first-order valence-corrected chi connectivity index (χ1v) is 7.93. The van der Waals surface area contributed by atoms with Gasteiger partial charge < -0.3 is 9.47 Å². The highest BCUT2D eigenvalue weighted by atomic mass is 16.6. The second-order valence-electron chi connectivity index (χ2n) is 6.01. The van der Waals surface area contributed by atoms with Gasteiger partial charge in [-0.15, -0.1) is 0 Å². The second kappa shape index (κ2) is 7.81. The van der Waals surface area contributed by atoms with Gasteiger partial charge in [0.15, 0.2) is 0 Å². The zero-order chi connectivity index (χ0) is 20.3. The van der Waals surface area contributed by atoms with Crippen LogP contribution < -0.4 is 9.47 Å². The van der Waals surface area contributed by atoms with E-state index in [1.165, 1.54) is 25.3 Å². The van der Waals surface area contributed by atoms with Gasteiger partial charge in [0.2, 0.25) is 0 Å². The summed E-state index contributed by atoms with van der Waals surface area (Å²) in [5.41, 5.74) is 1.04. The minimum atomic E-state index is -0.677. The fourth-order valence-corrected chi connectivity index (χ4v) is 3.02. The molecule has 142 valence electrons. The van der Waals surface area contributed by atoms with Crippen molar-refractivity contribution in [1.29, 1.82) is 0 Å². The van der Waals surface area contributed by atoms with E-state index in [0.717, 1.165) is 6.07 Å². The molecule has 2 aromatic carbocycles. The predicted molar refractivity (Wildman–Crippen MR) is 96.4 cm³/mol. The molecule has 0 heterocycles. The van der Waals surface area contributed by atoms with Crippen molar-refractivity contribution in [1.82, 2.24) is 0 Å². The standard InChI is InChI=1S/C18H18N2O7/c1-10-6-14(16(19(22)23)8-17(10)27-9-21)12(3)15-7-13(26-4)5-11(2)18(15)20(24)25/h5-9,12H,1-4H3. The third-order valence-corrected chi connectivity index (χ3v) is 4.35. The molecule has 0 fully saturated rings. The lowest BCUT2D eigenvalue weighted by molar-refractivity contribution is -0.387. The Kier molecular flexibility index (Phi) is 5.74. The maximum Gasteiger partial charge on any atom is 0.298 e. The lowest BCUT2D eigenvalue weighted by Gasteiger charge is -2.17. The van der Waals surface area contributed by atoms with Crippen LogP contribution in [0.2, 0.25) is 0 Å². The molecule has 0 aliphatic heterocycles. The lowest BCUT2D eigenvalue weighted by atomic mass is 9.88. The van der Waals surface area contributed by atoms with Gasteiger partial charge in [-0.25, -0.2) is 0 Å². The molecule has 0 saturated carbocycles. The topological polar surface area (TPSA) is 122 Å². The molecule has 0 aliphatic carbocycles. The van der Waals surface area contributed by atoms with E-state index < -0.39 is 15.8 Å². The maximum atomic E-state index is 11.6. The molecule has 0 aliphatic rings. The van der Waals surface area contributed by atoms with Crippen molar-refractivity contribution < 1.29 is 24.1 Å². The van der Waals surface area contributed by atoms with Crippen LogP contribution in [-0.4, -0.2) is 23.4 Å². The summed E-state index contributed by atoms with van der Waals surface area (Å²) in [6, 6.07) is 5.69. The fourth-order valence-electron chi connectivity index (χ4n) is 3.02. The summed E-state index contributed by atoms with van der Waals surface area (Å²) < 4.78 is 9.97. The van der Waals surface area contributed by atoms with Gasteiger partial charge in [0.1, 0.15) is 11.5 Å². The van der Waals surface area contributed by atoms with E-state index in [-0.39, 0.29) is 29.2 Å². The number of aryl methyl sites for hydroxylation is 2. The Morgan fingerprint density at radius 1 is 1.00 bits per heavy atom. The van der Waals surface area contributed by atoms with Crippen LogP contribution in [0.25, 0.3) is 0 Å². The van der Waals surface area contributed by atoms with E-state index in [0.29, 0.717) is 22.4 Å². The van der Waals surface area contributed by atoms with Crippen molar-refractivity contribution >= 4 is 17.8 Å². The van der Waals surface area contributed by atoms with Gasteiger partial charge in [-0.3, -0.25) is 25.0 Å². The third kappa shape index (κ3) is 3.86. The highest BCUT2D eigenvalue weighted by Crippen LogP contribution is 2.41. The molecule has 0 saturated heterocycles. The lowest BCUT2D eigenvalue weighted by Crippen LogP contribution is -2.07. The molecular weight excluding hydrogens is 356 g/mol. The van der Waals surface area contributed by atoms with Crippen molar-refractivity contribution in [2.24, 2.45) is 0 Å². The smallest absolute Gasteiger partial charge is 0.298 e. The Bertz CT molecular complexity index is 924. The summed E-state index contributed by atoms with van der Waals surface area (Å²) >= 11 is 0. The van der Waals surface area contributed by atoms with Crippen LogP contribution >= 0.6 is 0 Å². The second-order valence-corrected chi connectivity index (χ2v) is 6.01. The number of rotatable bonds is 7. The molecule has 0 radical (unpaired) electrons. The third-order valence-electron chi connectivity index (χ3n) is 4.35. The minimum Gasteiger partial charge on any atom is -0.497 e. The van der Waals surface area contributed by atoms with Crippen LogP contribution in [-0.2, 0) is 4.79 Å². The number of carbonyl (C=O) groups excluding carboxylic acids is 1. The summed E-state index contributed by atoms with van der Waals surface area (Å²) in [4.78, 5) is 32.6. The zero-order valence-electron chi connectivity index (χ0n) is 15.2. The van der Waals surface area contributed by atoms with Gasteiger partial charge in [-0.05, 0) is 37.6 Å². The number of hydrogen-bond acceptors (Lipinski definition) is 7. The van der Waals surface area contributed by atoms with Gasteiger partial charge in [0.05, 0.1) is 23.0 Å². The first-order chi connectivity index (χ1) is 12.7. The summed E-state index contributed by atoms with van der Waals surface area (Å²) in [7, 11) is 1.44. The van der Waals surface area contributed by atoms with E-state index in [9.17, 15) is 25.0 Å². The molecule has 1 unspecified atom stereocenters. The van der Waals surface area contributed by atoms with E-state index in [1.807, 2.05) is 0 Å². The molecular formula is C18H18N2O7. The van der Waals surface area contributed by atoms with Crippen molar-refractivity contribution in [2.75, 3.05) is 7.11 Å². The molecule has 0 aromatic heterocycles. The van der Waals surface area contributed by atoms with Gasteiger partial charge >= 0.3 is 0 Å². The molecule has 27 heavy (non-hydrogen) atoms. The number of benzene rings is 2. The van der Waals surface area contributed by atoms with Crippen LogP contribution in [0.3, 0.4) is 0 Å². The molecule has 2 aromatic rings. The Morgan fingerprint density at radius 3 is 2.19 bits per heavy atom. The highest BCUT2D eigenvalue weighted by Gasteiger charge is 2.29. The number of nitro benzene ring substituents is 2. The molecule has 1 atom stereocenters. The van der Waals surface area contributed by atoms with Crippen LogP contribution in [0.5, 0.6) is 11.5 Å². The molecule has 9 heteroatoms. The number of methoxy groups -OCH3 is 1. The van der Waals surface area contributed by atoms with Crippen LogP contribution in [0.4, 0.5) is 11.4 Å². The maximum absolute atomic E-state index is 11.6. The molecule has 0 N–H and O–H groups in total. The Hall–Kier alpha value is -3.49. The summed E-state index contributed by atoms with van der Waals surface area (Å²) in [6.07, 6.45) is 0. The SMILES string of the molecule is COc1cc(C)c([N+](=O)[O-])c(C(C)c2cc(C)c(OC=O)cc2[N+](=O)[O-])c1. The van der Waals surface area contributed by atoms with Crippen molar-refractivity contribution in [3.63, 3.8) is 0 Å². The monoisotopic (exact) mass is 374 g/mol. The zero-order valence-corrected chi connectivity index (χ0v) is 15.2. The molecule has 0 amide bonds. The van der Waals surface area contributed by atoms with Crippen LogP contribution in [0.1, 0.15) is 35.1 Å². The largest absolute Gasteiger partial charge is 0.497 e. The molecule has 0 bridgehead atoms. The first-order valence-electron chi connectivity index (χ1n) is 7.93. The number of nitro groups is 2. The Balaban J connectivity index is 2.74. The van der Waals surface area contributed by atoms with Crippen molar-refractivity contribution in [2.45, 2.75) is 26.7 Å². The van der Waals surface area contributed by atoms with Gasteiger partial charge in [-0.1, -0.05) is 6.92 Å². The Morgan fingerprint density at radius 2 is 1.67 bits per heavy atom. The number of ether oxygens (including phenoxy) is 2.